The lowest BCUT2D eigenvalue weighted by molar-refractivity contribution is -0.376. The van der Waals surface area contributed by atoms with Gasteiger partial charge in [-0.25, -0.2) is 4.79 Å². The van der Waals surface area contributed by atoms with Crippen LogP contribution in [0, 0.1) is 50.2 Å². The molecule has 7 aliphatic rings. The van der Waals surface area contributed by atoms with E-state index in [9.17, 15) is 65.4 Å². The summed E-state index contributed by atoms with van der Waals surface area (Å²) in [5, 5.41) is 107. The Hall–Kier alpha value is -2.13. The molecule has 0 amide bonds. The molecular weight excluding hydrogens is 776 g/mol. The van der Waals surface area contributed by atoms with Crippen molar-refractivity contribution in [3.63, 3.8) is 0 Å². The molecule has 59 heavy (non-hydrogen) atoms. The first kappa shape index (κ1) is 44.9. The fourth-order valence-electron chi connectivity index (χ4n) is 13.6. The smallest absolute Gasteiger partial charge is 0.335 e. The first-order valence-corrected chi connectivity index (χ1v) is 21.0. The van der Waals surface area contributed by atoms with Crippen LogP contribution >= 0.6 is 0 Å². The molecule has 0 aromatic carbocycles. The number of ether oxygens (including phenoxy) is 4. The Labute approximate surface area is 343 Å². The van der Waals surface area contributed by atoms with E-state index in [2.05, 4.69) is 20.8 Å². The van der Waals surface area contributed by atoms with Crippen LogP contribution in [0.4, 0.5) is 0 Å². The highest BCUT2D eigenvalue weighted by atomic mass is 16.8. The third-order valence-electron chi connectivity index (χ3n) is 17.4. The lowest BCUT2D eigenvalue weighted by Crippen LogP contribution is -2.69. The molecule has 17 heteroatoms. The Morgan fingerprint density at radius 3 is 2.08 bits per heavy atom. The lowest BCUT2D eigenvalue weighted by atomic mass is 9.33. The van der Waals surface area contributed by atoms with E-state index in [-0.39, 0.29) is 36.4 Å². The first-order chi connectivity index (χ1) is 27.4. The largest absolute Gasteiger partial charge is 0.481 e. The number of allylic oxidation sites excluding steroid dienone is 1. The minimum absolute atomic E-state index is 0.0342. The van der Waals surface area contributed by atoms with Crippen molar-refractivity contribution in [2.24, 2.45) is 50.2 Å². The van der Waals surface area contributed by atoms with Crippen molar-refractivity contribution in [1.82, 2.24) is 0 Å². The number of rotatable bonds is 8. The van der Waals surface area contributed by atoms with Crippen molar-refractivity contribution in [2.45, 2.75) is 167 Å². The maximum atomic E-state index is 13.8. The standard InChI is InChI=1S/C42H64O17/c1-37(36(54)55)14-19-18-13-20(45)32-39(3)9-8-24(40(4,17-44)22(39)7-10-42(32,6)41(18,5)12-11-38(19,2)23(46)15-37)57-35-31(28(50)27(49)30(58-35)33(52)53)59-34-29(51)26(48)25(47)21(16-43)56-34/h13,19-22,24-32,34-35,43-45,47-51H,7-12,14-17H2,1-6H3,(H,52,53)(H,54,55)/t19-,20+,21+,22+,24-,25+,26-,27-,28-,29+,30-,31+,32+,34-,35+,37+,38+,39-,40+,41+,42+/m0/s1. The summed E-state index contributed by atoms with van der Waals surface area (Å²) in [6.07, 6.45) is -14.5. The van der Waals surface area contributed by atoms with Gasteiger partial charge in [0.2, 0.25) is 0 Å². The number of carboxylic acid groups (broad SMARTS) is 2. The zero-order valence-electron chi connectivity index (χ0n) is 34.6. The number of hydrogen-bond acceptors (Lipinski definition) is 15. The van der Waals surface area contributed by atoms with Crippen LogP contribution in [0.1, 0.15) is 92.9 Å². The zero-order valence-corrected chi connectivity index (χ0v) is 34.6. The normalized spacial score (nSPS) is 54.8. The van der Waals surface area contributed by atoms with E-state index in [1.807, 2.05) is 19.9 Å². The van der Waals surface area contributed by atoms with Crippen molar-refractivity contribution >= 4 is 17.7 Å². The molecule has 21 atom stereocenters. The molecular formula is C42H64O17. The summed E-state index contributed by atoms with van der Waals surface area (Å²) < 4.78 is 23.6. The van der Waals surface area contributed by atoms with Gasteiger partial charge in [-0.2, -0.15) is 0 Å². The number of Topliss-reactive ketones (excluding diaryl/α,β-unsaturated/α-hetero) is 1. The molecule has 0 bridgehead atoms. The van der Waals surface area contributed by atoms with Crippen LogP contribution in [-0.4, -0.2) is 156 Å². The maximum absolute atomic E-state index is 13.8. The molecule has 0 unspecified atom stereocenters. The third-order valence-corrected chi connectivity index (χ3v) is 17.4. The topological polar surface area (TPSA) is 290 Å². The SMILES string of the molecule is C[C@]1(C(=O)O)CC(=O)[C@]2(C)CC[C@]3(C)C(=C[C@@H](O)[C@@H]4[C@@]5(C)CC[C@H](O[C@@H]6O[C@H](C(=O)O)[C@@H](O)[C@H](O)[C@H]6O[C@@H]6O[C@H](CO)[C@@H](O)[C@H](O)[C@H]6O)[C@](C)(CO)[C@@H]5CC[C@]43C)[C@@H]2C1. The molecule has 2 aliphatic heterocycles. The van der Waals surface area contributed by atoms with Crippen molar-refractivity contribution in [3.05, 3.63) is 11.6 Å². The molecule has 0 aromatic rings. The fraction of sp³-hybridized carbons (Fsp3) is 0.881. The highest BCUT2D eigenvalue weighted by molar-refractivity contribution is 5.92. The minimum atomic E-state index is -2.04. The van der Waals surface area contributed by atoms with E-state index in [0.29, 0.717) is 38.5 Å². The molecule has 0 aromatic heterocycles. The van der Waals surface area contributed by atoms with Crippen molar-refractivity contribution in [3.8, 4) is 0 Å². The quantitative estimate of drug-likeness (QED) is 0.115. The Balaban J connectivity index is 1.20. The van der Waals surface area contributed by atoms with E-state index in [0.717, 1.165) is 5.57 Å². The lowest BCUT2D eigenvalue weighted by Gasteiger charge is -2.72. The van der Waals surface area contributed by atoms with Crippen LogP contribution < -0.4 is 0 Å². The van der Waals surface area contributed by atoms with Gasteiger partial charge in [0.05, 0.1) is 30.8 Å². The Bertz CT molecular complexity index is 1710. The molecule has 10 N–H and O–H groups in total. The van der Waals surface area contributed by atoms with Gasteiger partial charge in [-0.15, -0.1) is 0 Å². The second-order valence-electron chi connectivity index (χ2n) is 20.4. The zero-order chi connectivity index (χ0) is 43.6. The summed E-state index contributed by atoms with van der Waals surface area (Å²) in [7, 11) is 0. The van der Waals surface area contributed by atoms with Crippen LogP contribution in [-0.2, 0) is 33.3 Å². The van der Waals surface area contributed by atoms with Gasteiger partial charge in [0.15, 0.2) is 18.7 Å². The Kier molecular flexibility index (Phi) is 11.4. The number of carboxylic acids is 2. The average Bonchev–Trinajstić information content (AvgIpc) is 3.17. The third kappa shape index (κ3) is 6.42. The predicted octanol–water partition coefficient (Wildman–Crippen LogP) is 0.0965. The number of ketones is 1. The van der Waals surface area contributed by atoms with E-state index >= 15 is 0 Å². The molecule has 5 aliphatic carbocycles. The van der Waals surface area contributed by atoms with Gasteiger partial charge in [0.25, 0.3) is 0 Å². The van der Waals surface area contributed by atoms with Crippen LogP contribution in [0.5, 0.6) is 0 Å². The van der Waals surface area contributed by atoms with Crippen LogP contribution in [0.25, 0.3) is 0 Å². The number of carbonyl (C=O) groups excluding carboxylic acids is 1. The highest BCUT2D eigenvalue weighted by Crippen LogP contribution is 2.75. The van der Waals surface area contributed by atoms with Gasteiger partial charge in [0, 0.05) is 23.2 Å². The molecule has 17 nitrogen and oxygen atoms in total. The first-order valence-electron chi connectivity index (χ1n) is 21.0. The van der Waals surface area contributed by atoms with Gasteiger partial charge in [-0.3, -0.25) is 9.59 Å². The average molecular weight is 841 g/mol. The molecule has 334 valence electrons. The van der Waals surface area contributed by atoms with Crippen LogP contribution in [0.3, 0.4) is 0 Å². The molecule has 0 spiro atoms. The Morgan fingerprint density at radius 1 is 0.797 bits per heavy atom. The summed E-state index contributed by atoms with van der Waals surface area (Å²) in [6.45, 7) is 10.8. The van der Waals surface area contributed by atoms with E-state index in [4.69, 9.17) is 18.9 Å². The molecule has 4 saturated carbocycles. The summed E-state index contributed by atoms with van der Waals surface area (Å²) in [5.74, 6) is -3.65. The number of hydrogen-bond donors (Lipinski definition) is 10. The van der Waals surface area contributed by atoms with Crippen molar-refractivity contribution in [1.29, 1.82) is 0 Å². The van der Waals surface area contributed by atoms with Gasteiger partial charge in [-0.05, 0) is 80.0 Å². The predicted molar refractivity (Wildman–Crippen MR) is 202 cm³/mol. The van der Waals surface area contributed by atoms with Gasteiger partial charge in [0.1, 0.15) is 48.5 Å². The van der Waals surface area contributed by atoms with Crippen molar-refractivity contribution in [2.75, 3.05) is 13.2 Å². The van der Waals surface area contributed by atoms with Crippen LogP contribution in [0.2, 0.25) is 0 Å². The fourth-order valence-corrected chi connectivity index (χ4v) is 13.6. The number of aliphatic carboxylic acids is 2. The van der Waals surface area contributed by atoms with Gasteiger partial charge < -0.3 is 70.0 Å². The number of fused-ring (bicyclic) bond motifs is 7. The monoisotopic (exact) mass is 840 g/mol. The van der Waals surface area contributed by atoms with E-state index in [1.165, 1.54) is 0 Å². The number of carbonyl (C=O) groups is 3. The van der Waals surface area contributed by atoms with Gasteiger partial charge >= 0.3 is 11.9 Å². The van der Waals surface area contributed by atoms with E-state index < -0.39 is 131 Å². The summed E-state index contributed by atoms with van der Waals surface area (Å²) in [4.78, 5) is 38.5. The number of aliphatic hydroxyl groups is 8. The molecule has 2 saturated heterocycles. The summed E-state index contributed by atoms with van der Waals surface area (Å²) in [5.41, 5.74) is -3.66. The number of aliphatic hydroxyl groups excluding tert-OH is 8. The van der Waals surface area contributed by atoms with Gasteiger partial charge in [-0.1, -0.05) is 46.3 Å². The molecule has 6 fully saturated rings. The van der Waals surface area contributed by atoms with Crippen molar-refractivity contribution < 1.29 is 84.4 Å². The second kappa shape index (κ2) is 15.0. The Morgan fingerprint density at radius 2 is 1.47 bits per heavy atom. The highest BCUT2D eigenvalue weighted by Gasteiger charge is 2.72. The molecule has 0 radical (unpaired) electrons. The van der Waals surface area contributed by atoms with E-state index in [1.54, 1.807) is 6.92 Å². The maximum Gasteiger partial charge on any atom is 0.335 e. The second-order valence-corrected chi connectivity index (χ2v) is 20.4. The summed E-state index contributed by atoms with van der Waals surface area (Å²) in [6, 6.07) is 0. The minimum Gasteiger partial charge on any atom is -0.481 e. The van der Waals surface area contributed by atoms with Crippen LogP contribution in [0.15, 0.2) is 11.6 Å². The molecule has 2 heterocycles. The molecule has 7 rings (SSSR count). The summed E-state index contributed by atoms with van der Waals surface area (Å²) >= 11 is 0.